The van der Waals surface area contributed by atoms with Gasteiger partial charge in [-0.15, -0.1) is 0 Å². The molecule has 1 aromatic rings. The molecule has 0 bridgehead atoms. The lowest BCUT2D eigenvalue weighted by molar-refractivity contribution is 0.0340. The summed E-state index contributed by atoms with van der Waals surface area (Å²) in [5, 5.41) is 3.70. The highest BCUT2D eigenvalue weighted by Crippen LogP contribution is 2.34. The minimum absolute atomic E-state index is 0.473. The second-order valence-electron chi connectivity index (χ2n) is 6.53. The molecule has 1 aliphatic heterocycles. The summed E-state index contributed by atoms with van der Waals surface area (Å²) in [4.78, 5) is 2.56. The Kier molecular flexibility index (Phi) is 4.94. The van der Waals surface area contributed by atoms with Gasteiger partial charge >= 0.3 is 0 Å². The molecular formula is C18H28N2O. The van der Waals surface area contributed by atoms with Crippen molar-refractivity contribution in [3.63, 3.8) is 0 Å². The molecule has 116 valence electrons. The maximum absolute atomic E-state index is 5.64. The fourth-order valence-corrected chi connectivity index (χ4v) is 3.94. The zero-order chi connectivity index (χ0) is 14.7. The maximum atomic E-state index is 5.64. The van der Waals surface area contributed by atoms with Crippen molar-refractivity contribution in [1.82, 2.24) is 10.2 Å². The van der Waals surface area contributed by atoms with Crippen molar-refractivity contribution in [2.45, 2.75) is 38.3 Å². The van der Waals surface area contributed by atoms with Crippen LogP contribution >= 0.6 is 0 Å². The van der Waals surface area contributed by atoms with Crippen LogP contribution in [0, 0.1) is 5.92 Å². The van der Waals surface area contributed by atoms with E-state index in [2.05, 4.69) is 48.5 Å². The molecule has 1 heterocycles. The topological polar surface area (TPSA) is 24.5 Å². The molecule has 0 spiro atoms. The van der Waals surface area contributed by atoms with Crippen LogP contribution in [0.3, 0.4) is 0 Å². The summed E-state index contributed by atoms with van der Waals surface area (Å²) in [5.74, 6) is 0.703. The predicted octanol–water partition coefficient (Wildman–Crippen LogP) is 2.62. The number of hydrogen-bond acceptors (Lipinski definition) is 3. The Morgan fingerprint density at radius 2 is 2.19 bits per heavy atom. The third kappa shape index (κ3) is 3.31. The van der Waals surface area contributed by atoms with Crippen LogP contribution in [-0.4, -0.2) is 44.3 Å². The summed E-state index contributed by atoms with van der Waals surface area (Å²) in [7, 11) is 2.29. The van der Waals surface area contributed by atoms with Crippen LogP contribution in [0.25, 0.3) is 0 Å². The van der Waals surface area contributed by atoms with E-state index < -0.39 is 0 Å². The van der Waals surface area contributed by atoms with Gasteiger partial charge in [-0.1, -0.05) is 31.2 Å². The number of nitrogens with zero attached hydrogens (tertiary/aromatic N) is 1. The van der Waals surface area contributed by atoms with E-state index in [0.717, 1.165) is 32.7 Å². The summed E-state index contributed by atoms with van der Waals surface area (Å²) in [6, 6.07) is 9.96. The SMILES string of the molecule is CCNC1c2ccccc2CC1N(C)CC1CCCOC1. The second-order valence-corrected chi connectivity index (χ2v) is 6.53. The third-order valence-electron chi connectivity index (χ3n) is 4.99. The lowest BCUT2D eigenvalue weighted by atomic mass is 9.99. The smallest absolute Gasteiger partial charge is 0.0506 e. The Morgan fingerprint density at radius 3 is 2.95 bits per heavy atom. The quantitative estimate of drug-likeness (QED) is 0.901. The summed E-state index contributed by atoms with van der Waals surface area (Å²) < 4.78 is 5.64. The first-order chi connectivity index (χ1) is 10.3. The number of rotatable bonds is 5. The Balaban J connectivity index is 1.69. The van der Waals surface area contributed by atoms with Crippen LogP contribution in [0.1, 0.15) is 36.9 Å². The molecule has 1 aliphatic carbocycles. The first kappa shape index (κ1) is 15.0. The van der Waals surface area contributed by atoms with Gasteiger partial charge in [0.2, 0.25) is 0 Å². The highest BCUT2D eigenvalue weighted by Gasteiger charge is 2.34. The second kappa shape index (κ2) is 6.91. The van der Waals surface area contributed by atoms with Crippen LogP contribution in [0.5, 0.6) is 0 Å². The van der Waals surface area contributed by atoms with Crippen LogP contribution < -0.4 is 5.32 Å². The zero-order valence-corrected chi connectivity index (χ0v) is 13.3. The molecule has 21 heavy (non-hydrogen) atoms. The molecule has 3 unspecified atom stereocenters. The third-order valence-corrected chi connectivity index (χ3v) is 4.99. The minimum Gasteiger partial charge on any atom is -0.381 e. The summed E-state index contributed by atoms with van der Waals surface area (Å²) in [5.41, 5.74) is 3.01. The van der Waals surface area contributed by atoms with Crippen molar-refractivity contribution in [2.75, 3.05) is 33.4 Å². The standard InChI is InChI=1S/C18H28N2O/c1-3-19-18-16-9-5-4-8-15(16)11-17(18)20(2)12-14-7-6-10-21-13-14/h4-5,8-9,14,17-19H,3,6-7,10-13H2,1-2H3. The number of likely N-dealkylation sites (N-methyl/N-ethyl adjacent to an activating group) is 2. The van der Waals surface area contributed by atoms with E-state index in [1.165, 1.54) is 24.0 Å². The number of hydrogen-bond donors (Lipinski definition) is 1. The number of benzene rings is 1. The first-order valence-corrected chi connectivity index (χ1v) is 8.38. The van der Waals surface area contributed by atoms with Gasteiger partial charge in [-0.3, -0.25) is 0 Å². The zero-order valence-electron chi connectivity index (χ0n) is 13.3. The number of nitrogens with one attached hydrogen (secondary N) is 1. The van der Waals surface area contributed by atoms with Gasteiger partial charge in [-0.05, 0) is 49.9 Å². The van der Waals surface area contributed by atoms with Crippen molar-refractivity contribution in [3.05, 3.63) is 35.4 Å². The van der Waals surface area contributed by atoms with Gasteiger partial charge in [0.25, 0.3) is 0 Å². The van der Waals surface area contributed by atoms with Gasteiger partial charge in [0.05, 0.1) is 6.61 Å². The summed E-state index contributed by atoms with van der Waals surface area (Å²) >= 11 is 0. The molecule has 3 nitrogen and oxygen atoms in total. The molecule has 2 aliphatic rings. The first-order valence-electron chi connectivity index (χ1n) is 8.38. The lowest BCUT2D eigenvalue weighted by Crippen LogP contribution is -2.44. The molecule has 0 radical (unpaired) electrons. The van der Waals surface area contributed by atoms with Crippen LogP contribution in [0.4, 0.5) is 0 Å². The fourth-order valence-electron chi connectivity index (χ4n) is 3.94. The van der Waals surface area contributed by atoms with Crippen LogP contribution in [0.2, 0.25) is 0 Å². The van der Waals surface area contributed by atoms with Gasteiger partial charge < -0.3 is 15.0 Å². The Labute approximate surface area is 128 Å². The van der Waals surface area contributed by atoms with Crippen LogP contribution in [0.15, 0.2) is 24.3 Å². The molecule has 1 saturated heterocycles. The monoisotopic (exact) mass is 288 g/mol. The predicted molar refractivity (Wildman–Crippen MR) is 86.5 cm³/mol. The Bertz CT molecular complexity index is 456. The normalized spacial score (nSPS) is 28.8. The average Bonchev–Trinajstić information content (AvgIpc) is 2.88. The molecule has 0 aromatic heterocycles. The highest BCUT2D eigenvalue weighted by molar-refractivity contribution is 5.37. The fraction of sp³-hybridized carbons (Fsp3) is 0.667. The van der Waals surface area contributed by atoms with Crippen molar-refractivity contribution < 1.29 is 4.74 Å². The number of fused-ring (bicyclic) bond motifs is 1. The molecule has 0 amide bonds. The summed E-state index contributed by atoms with van der Waals surface area (Å²) in [6.45, 7) is 6.27. The molecule has 3 atom stereocenters. The average molecular weight is 288 g/mol. The van der Waals surface area contributed by atoms with E-state index in [1.54, 1.807) is 0 Å². The largest absolute Gasteiger partial charge is 0.381 e. The molecule has 1 N–H and O–H groups in total. The van der Waals surface area contributed by atoms with Crippen molar-refractivity contribution >= 4 is 0 Å². The Morgan fingerprint density at radius 1 is 1.33 bits per heavy atom. The van der Waals surface area contributed by atoms with E-state index in [0.29, 0.717) is 18.0 Å². The lowest BCUT2D eigenvalue weighted by Gasteiger charge is -2.34. The minimum atomic E-state index is 0.473. The molecular weight excluding hydrogens is 260 g/mol. The van der Waals surface area contributed by atoms with Crippen molar-refractivity contribution in [3.8, 4) is 0 Å². The van der Waals surface area contributed by atoms with E-state index in [4.69, 9.17) is 4.74 Å². The van der Waals surface area contributed by atoms with Gasteiger partial charge in [0, 0.05) is 25.2 Å². The molecule has 0 saturated carbocycles. The molecule has 3 heteroatoms. The molecule has 1 fully saturated rings. The van der Waals surface area contributed by atoms with E-state index in [-0.39, 0.29) is 0 Å². The van der Waals surface area contributed by atoms with Crippen molar-refractivity contribution in [2.24, 2.45) is 5.92 Å². The molecule has 1 aromatic carbocycles. The summed E-state index contributed by atoms with van der Waals surface area (Å²) in [6.07, 6.45) is 3.70. The van der Waals surface area contributed by atoms with Gasteiger partial charge in [-0.2, -0.15) is 0 Å². The van der Waals surface area contributed by atoms with E-state index >= 15 is 0 Å². The van der Waals surface area contributed by atoms with Crippen LogP contribution in [-0.2, 0) is 11.2 Å². The van der Waals surface area contributed by atoms with Gasteiger partial charge in [0.15, 0.2) is 0 Å². The van der Waals surface area contributed by atoms with Crippen molar-refractivity contribution in [1.29, 1.82) is 0 Å². The van der Waals surface area contributed by atoms with E-state index in [1.807, 2.05) is 0 Å². The number of ether oxygens (including phenoxy) is 1. The van der Waals surface area contributed by atoms with Gasteiger partial charge in [0.1, 0.15) is 0 Å². The highest BCUT2D eigenvalue weighted by atomic mass is 16.5. The molecule has 3 rings (SSSR count). The maximum Gasteiger partial charge on any atom is 0.0506 e. The Hall–Kier alpha value is -0.900. The van der Waals surface area contributed by atoms with E-state index in [9.17, 15) is 0 Å². The van der Waals surface area contributed by atoms with Gasteiger partial charge in [-0.25, -0.2) is 0 Å².